The molecule has 7 nitrogen and oxygen atoms in total. The first-order valence-corrected chi connectivity index (χ1v) is 11.2. The maximum atomic E-state index is 11.6. The molecule has 0 saturated carbocycles. The molecule has 1 aromatic rings. The molecule has 0 aliphatic rings. The van der Waals surface area contributed by atoms with Gasteiger partial charge in [0, 0.05) is 16.6 Å². The Morgan fingerprint density at radius 1 is 0.879 bits per heavy atom. The van der Waals surface area contributed by atoms with Gasteiger partial charge in [-0.3, -0.25) is 0 Å². The lowest BCUT2D eigenvalue weighted by molar-refractivity contribution is -0.139. The first-order chi connectivity index (χ1) is 15.6. The zero-order chi connectivity index (χ0) is 24.9. The highest BCUT2D eigenvalue weighted by Crippen LogP contribution is 2.28. The van der Waals surface area contributed by atoms with Gasteiger partial charge in [0.15, 0.2) is 0 Å². The van der Waals surface area contributed by atoms with Crippen LogP contribution in [0.2, 0.25) is 0 Å². The highest BCUT2D eigenvalue weighted by Gasteiger charge is 2.23. The summed E-state index contributed by atoms with van der Waals surface area (Å²) < 4.78 is 16.5. The minimum absolute atomic E-state index is 0.135. The summed E-state index contributed by atoms with van der Waals surface area (Å²) >= 11 is 0. The summed E-state index contributed by atoms with van der Waals surface area (Å²) in [5.41, 5.74) is 2.07. The first-order valence-electron chi connectivity index (χ1n) is 11.2. The zero-order valence-electron chi connectivity index (χ0n) is 20.2. The number of aliphatic hydroxyl groups is 2. The molecule has 0 heterocycles. The Bertz CT molecular complexity index is 757. The van der Waals surface area contributed by atoms with E-state index in [0.29, 0.717) is 49.9 Å². The second kappa shape index (κ2) is 14.5. The molecule has 0 aliphatic heterocycles. The lowest BCUT2D eigenvalue weighted by Crippen LogP contribution is -2.28. The maximum absolute atomic E-state index is 11.6. The van der Waals surface area contributed by atoms with Gasteiger partial charge in [-0.05, 0) is 57.1 Å². The van der Waals surface area contributed by atoms with Crippen molar-refractivity contribution in [3.05, 3.63) is 53.6 Å². The number of hydrogen-bond donors (Lipinski definition) is 2. The molecular weight excluding hydrogens is 424 g/mol. The van der Waals surface area contributed by atoms with Crippen molar-refractivity contribution >= 4 is 11.9 Å². The van der Waals surface area contributed by atoms with Crippen molar-refractivity contribution in [3.8, 4) is 5.75 Å². The normalized spacial score (nSPS) is 11.1. The topological polar surface area (TPSA) is 102 Å². The SMILES string of the molecule is C=C(C)C(=O)OCCCc1cccc(CCCOC(=O)C(=C)C)c1OCCC(C)(CO)CO. The number of hydrogen-bond acceptors (Lipinski definition) is 7. The third-order valence-electron chi connectivity index (χ3n) is 5.24. The van der Waals surface area contributed by atoms with Crippen LogP contribution in [-0.4, -0.2) is 55.2 Å². The molecule has 0 aliphatic carbocycles. The van der Waals surface area contributed by atoms with E-state index in [1.54, 1.807) is 20.8 Å². The van der Waals surface area contributed by atoms with Crippen molar-refractivity contribution in [3.63, 3.8) is 0 Å². The monoisotopic (exact) mass is 462 g/mol. The van der Waals surface area contributed by atoms with Gasteiger partial charge in [0.2, 0.25) is 0 Å². The Kier molecular flexibility index (Phi) is 12.5. The lowest BCUT2D eigenvalue weighted by atomic mass is 9.89. The van der Waals surface area contributed by atoms with Gasteiger partial charge in [-0.2, -0.15) is 0 Å². The Morgan fingerprint density at radius 3 is 1.73 bits per heavy atom. The van der Waals surface area contributed by atoms with Crippen LogP contribution in [0.25, 0.3) is 0 Å². The van der Waals surface area contributed by atoms with Crippen LogP contribution in [0, 0.1) is 5.41 Å². The molecule has 0 unspecified atom stereocenters. The van der Waals surface area contributed by atoms with Gasteiger partial charge >= 0.3 is 11.9 Å². The smallest absolute Gasteiger partial charge is 0.333 e. The highest BCUT2D eigenvalue weighted by atomic mass is 16.5. The molecule has 7 heteroatoms. The van der Waals surface area contributed by atoms with Crippen LogP contribution in [0.15, 0.2) is 42.5 Å². The fourth-order valence-corrected chi connectivity index (χ4v) is 2.93. The number of esters is 2. The Labute approximate surface area is 197 Å². The van der Waals surface area contributed by atoms with Crippen molar-refractivity contribution < 1.29 is 34.0 Å². The Morgan fingerprint density at radius 2 is 1.33 bits per heavy atom. The van der Waals surface area contributed by atoms with E-state index < -0.39 is 17.4 Å². The molecule has 0 saturated heterocycles. The van der Waals surface area contributed by atoms with Crippen LogP contribution in [0.3, 0.4) is 0 Å². The molecule has 33 heavy (non-hydrogen) atoms. The summed E-state index contributed by atoms with van der Waals surface area (Å²) in [6, 6.07) is 5.89. The number of para-hydroxylation sites is 1. The molecule has 0 amide bonds. The molecular formula is C26H38O7. The van der Waals surface area contributed by atoms with Crippen molar-refractivity contribution in [1.29, 1.82) is 0 Å². The van der Waals surface area contributed by atoms with Crippen molar-refractivity contribution in [2.24, 2.45) is 5.41 Å². The number of benzene rings is 1. The minimum atomic E-state index is -0.622. The second-order valence-corrected chi connectivity index (χ2v) is 8.67. The van der Waals surface area contributed by atoms with E-state index in [1.165, 1.54) is 0 Å². The lowest BCUT2D eigenvalue weighted by Gasteiger charge is -2.25. The van der Waals surface area contributed by atoms with Gasteiger partial charge in [-0.25, -0.2) is 9.59 Å². The van der Waals surface area contributed by atoms with Gasteiger partial charge in [0.25, 0.3) is 0 Å². The van der Waals surface area contributed by atoms with Crippen molar-refractivity contribution in [2.45, 2.75) is 52.9 Å². The van der Waals surface area contributed by atoms with Crippen LogP contribution >= 0.6 is 0 Å². The first kappa shape index (κ1) is 28.4. The molecule has 0 spiro atoms. The molecule has 184 valence electrons. The third kappa shape index (κ3) is 10.2. The summed E-state index contributed by atoms with van der Waals surface area (Å²) in [7, 11) is 0. The predicted molar refractivity (Wildman–Crippen MR) is 127 cm³/mol. The second-order valence-electron chi connectivity index (χ2n) is 8.67. The molecule has 1 aromatic carbocycles. The van der Waals surface area contributed by atoms with Crippen LogP contribution in [0.1, 0.15) is 51.2 Å². The summed E-state index contributed by atoms with van der Waals surface area (Å²) in [6.07, 6.45) is 3.03. The maximum Gasteiger partial charge on any atom is 0.333 e. The summed E-state index contributed by atoms with van der Waals surface area (Å²) in [5.74, 6) is -0.0677. The minimum Gasteiger partial charge on any atom is -0.493 e. The number of rotatable bonds is 16. The summed E-state index contributed by atoms with van der Waals surface area (Å²) in [6.45, 7) is 12.8. The quantitative estimate of drug-likeness (QED) is 0.220. The number of aryl methyl sites for hydroxylation is 2. The highest BCUT2D eigenvalue weighted by molar-refractivity contribution is 5.87. The third-order valence-corrected chi connectivity index (χ3v) is 5.24. The van der Waals surface area contributed by atoms with E-state index in [0.717, 1.165) is 16.9 Å². The molecule has 0 fully saturated rings. The molecule has 1 rings (SSSR count). The van der Waals surface area contributed by atoms with Gasteiger partial charge in [0.1, 0.15) is 5.75 Å². The van der Waals surface area contributed by atoms with Gasteiger partial charge in [-0.15, -0.1) is 0 Å². The molecule has 0 atom stereocenters. The molecule has 0 radical (unpaired) electrons. The fraction of sp³-hybridized carbons (Fsp3) is 0.538. The summed E-state index contributed by atoms with van der Waals surface area (Å²) in [5, 5.41) is 19.1. The van der Waals surface area contributed by atoms with E-state index in [4.69, 9.17) is 14.2 Å². The Balaban J connectivity index is 2.84. The molecule has 2 N–H and O–H groups in total. The zero-order valence-corrected chi connectivity index (χ0v) is 20.2. The Hall–Kier alpha value is -2.64. The van der Waals surface area contributed by atoms with E-state index in [2.05, 4.69) is 13.2 Å². The molecule has 0 bridgehead atoms. The standard InChI is InChI=1S/C26H38O7/c1-19(2)24(29)32-14-7-11-21-9-6-10-22(12-8-15-33-25(30)20(3)4)23(21)31-16-13-26(5,17-27)18-28/h6,9-10,27-28H,1,3,7-8,11-18H2,2,4-5H3. The van der Waals surface area contributed by atoms with Crippen LogP contribution in [0.4, 0.5) is 0 Å². The van der Waals surface area contributed by atoms with Crippen LogP contribution in [-0.2, 0) is 31.9 Å². The number of carbonyl (C=O) groups is 2. The van der Waals surface area contributed by atoms with E-state index in [1.807, 2.05) is 18.2 Å². The summed E-state index contributed by atoms with van der Waals surface area (Å²) in [4.78, 5) is 23.2. The van der Waals surface area contributed by atoms with Crippen LogP contribution < -0.4 is 4.74 Å². The largest absolute Gasteiger partial charge is 0.493 e. The van der Waals surface area contributed by atoms with Gasteiger partial charge < -0.3 is 24.4 Å². The average Bonchev–Trinajstić information content (AvgIpc) is 2.79. The van der Waals surface area contributed by atoms with Crippen LogP contribution in [0.5, 0.6) is 5.75 Å². The number of carbonyl (C=O) groups excluding carboxylic acids is 2. The van der Waals surface area contributed by atoms with E-state index in [9.17, 15) is 19.8 Å². The van der Waals surface area contributed by atoms with Gasteiger partial charge in [-0.1, -0.05) is 38.3 Å². The van der Waals surface area contributed by atoms with E-state index >= 15 is 0 Å². The number of aliphatic hydroxyl groups excluding tert-OH is 2. The van der Waals surface area contributed by atoms with Crippen molar-refractivity contribution in [1.82, 2.24) is 0 Å². The van der Waals surface area contributed by atoms with Gasteiger partial charge in [0.05, 0.1) is 33.0 Å². The molecule has 0 aromatic heterocycles. The van der Waals surface area contributed by atoms with Crippen molar-refractivity contribution in [2.75, 3.05) is 33.0 Å². The average molecular weight is 463 g/mol. The number of ether oxygens (including phenoxy) is 3. The fourth-order valence-electron chi connectivity index (χ4n) is 2.93. The van der Waals surface area contributed by atoms with E-state index in [-0.39, 0.29) is 26.4 Å². The predicted octanol–water partition coefficient (Wildman–Crippen LogP) is 3.55.